The Morgan fingerprint density at radius 1 is 1.44 bits per heavy atom. The van der Waals surface area contributed by atoms with E-state index >= 15 is 0 Å². The van der Waals surface area contributed by atoms with Gasteiger partial charge < -0.3 is 10.4 Å². The van der Waals surface area contributed by atoms with E-state index in [1.54, 1.807) is 24.0 Å². The Labute approximate surface area is 108 Å². The molecular weight excluding hydrogens is 252 g/mol. The fraction of sp³-hybridized carbons (Fsp3) is 0.273. The highest BCUT2D eigenvalue weighted by atomic mass is 32.1. The summed E-state index contributed by atoms with van der Waals surface area (Å²) in [4.78, 5) is 23.9. The zero-order valence-electron chi connectivity index (χ0n) is 9.54. The first-order chi connectivity index (χ1) is 8.81. The SMILES string of the molecule is O=C(NCCCO)c1csc(-c2cnccn2)n1. The van der Waals surface area contributed by atoms with E-state index in [0.717, 1.165) is 0 Å². The molecule has 2 aromatic heterocycles. The largest absolute Gasteiger partial charge is 0.396 e. The van der Waals surface area contributed by atoms with Gasteiger partial charge in [-0.3, -0.25) is 14.8 Å². The zero-order chi connectivity index (χ0) is 12.8. The Kier molecular flexibility index (Phi) is 4.32. The molecule has 0 saturated heterocycles. The average Bonchev–Trinajstić information content (AvgIpc) is 2.89. The van der Waals surface area contributed by atoms with E-state index in [0.29, 0.717) is 29.4 Å². The van der Waals surface area contributed by atoms with Crippen LogP contribution in [0.3, 0.4) is 0 Å². The van der Waals surface area contributed by atoms with Crippen molar-refractivity contribution >= 4 is 17.2 Å². The Balaban J connectivity index is 2.04. The molecule has 94 valence electrons. The number of carbonyl (C=O) groups excluding carboxylic acids is 1. The Morgan fingerprint density at radius 3 is 3.06 bits per heavy atom. The van der Waals surface area contributed by atoms with E-state index in [1.807, 2.05) is 0 Å². The van der Waals surface area contributed by atoms with E-state index in [2.05, 4.69) is 20.3 Å². The van der Waals surface area contributed by atoms with Crippen LogP contribution in [0.2, 0.25) is 0 Å². The minimum atomic E-state index is -0.241. The number of nitrogens with zero attached hydrogens (tertiary/aromatic N) is 3. The van der Waals surface area contributed by atoms with E-state index in [9.17, 15) is 4.79 Å². The van der Waals surface area contributed by atoms with Crippen molar-refractivity contribution in [2.45, 2.75) is 6.42 Å². The number of carbonyl (C=O) groups is 1. The summed E-state index contributed by atoms with van der Waals surface area (Å²) in [5.41, 5.74) is 1.01. The van der Waals surface area contributed by atoms with Crippen LogP contribution in [0, 0.1) is 0 Å². The molecule has 0 spiro atoms. The Bertz CT molecular complexity index is 515. The molecule has 0 aliphatic carbocycles. The van der Waals surface area contributed by atoms with Crippen LogP contribution in [0.15, 0.2) is 24.0 Å². The normalized spacial score (nSPS) is 10.3. The lowest BCUT2D eigenvalue weighted by atomic mass is 10.4. The summed E-state index contributed by atoms with van der Waals surface area (Å²) in [6.45, 7) is 0.496. The first-order valence-electron chi connectivity index (χ1n) is 5.42. The summed E-state index contributed by atoms with van der Waals surface area (Å²) in [6.07, 6.45) is 5.30. The molecule has 0 bridgehead atoms. The number of rotatable bonds is 5. The van der Waals surface area contributed by atoms with E-state index < -0.39 is 0 Å². The molecule has 2 N–H and O–H groups in total. The van der Waals surface area contributed by atoms with E-state index in [1.165, 1.54) is 11.3 Å². The van der Waals surface area contributed by atoms with Gasteiger partial charge in [-0.1, -0.05) is 0 Å². The van der Waals surface area contributed by atoms with Crippen LogP contribution in [-0.4, -0.2) is 39.1 Å². The maximum Gasteiger partial charge on any atom is 0.270 e. The predicted octanol–water partition coefficient (Wildman–Crippen LogP) is 0.712. The van der Waals surface area contributed by atoms with Crippen molar-refractivity contribution in [1.29, 1.82) is 0 Å². The third-order valence-electron chi connectivity index (χ3n) is 2.14. The molecule has 6 nitrogen and oxygen atoms in total. The Hall–Kier alpha value is -1.86. The van der Waals surface area contributed by atoms with Gasteiger partial charge in [0.15, 0.2) is 0 Å². The molecule has 0 saturated carbocycles. The number of hydrogen-bond donors (Lipinski definition) is 2. The van der Waals surface area contributed by atoms with Crippen LogP contribution < -0.4 is 5.32 Å². The summed E-state index contributed by atoms with van der Waals surface area (Å²) >= 11 is 1.35. The van der Waals surface area contributed by atoms with Crippen LogP contribution in [0.1, 0.15) is 16.9 Å². The molecule has 18 heavy (non-hydrogen) atoms. The highest BCUT2D eigenvalue weighted by molar-refractivity contribution is 7.13. The third kappa shape index (κ3) is 3.08. The Morgan fingerprint density at radius 2 is 2.33 bits per heavy atom. The van der Waals surface area contributed by atoms with Gasteiger partial charge in [-0.25, -0.2) is 4.98 Å². The molecule has 0 aliphatic rings. The van der Waals surface area contributed by atoms with Crippen LogP contribution in [0.4, 0.5) is 0 Å². The number of thiazole rings is 1. The van der Waals surface area contributed by atoms with Gasteiger partial charge in [0.2, 0.25) is 0 Å². The lowest BCUT2D eigenvalue weighted by molar-refractivity contribution is 0.0947. The second-order valence-electron chi connectivity index (χ2n) is 3.46. The van der Waals surface area contributed by atoms with Crippen molar-refractivity contribution in [2.75, 3.05) is 13.2 Å². The van der Waals surface area contributed by atoms with Gasteiger partial charge in [0.25, 0.3) is 5.91 Å². The summed E-state index contributed by atoms with van der Waals surface area (Å²) in [7, 11) is 0. The first-order valence-corrected chi connectivity index (χ1v) is 6.30. The molecule has 0 atom stereocenters. The highest BCUT2D eigenvalue weighted by Crippen LogP contribution is 2.20. The number of aliphatic hydroxyl groups is 1. The van der Waals surface area contributed by atoms with Crippen LogP contribution in [0.25, 0.3) is 10.7 Å². The van der Waals surface area contributed by atoms with Gasteiger partial charge in [0, 0.05) is 30.9 Å². The molecule has 2 aromatic rings. The van der Waals surface area contributed by atoms with Gasteiger partial charge in [-0.2, -0.15) is 0 Å². The number of nitrogens with one attached hydrogen (secondary N) is 1. The van der Waals surface area contributed by atoms with Crippen molar-refractivity contribution < 1.29 is 9.90 Å². The van der Waals surface area contributed by atoms with Crippen molar-refractivity contribution in [3.05, 3.63) is 29.7 Å². The molecule has 0 aliphatic heterocycles. The molecule has 2 heterocycles. The smallest absolute Gasteiger partial charge is 0.270 e. The molecular formula is C11H12N4O2S. The summed E-state index contributed by atoms with van der Waals surface area (Å²) in [5.74, 6) is -0.241. The van der Waals surface area contributed by atoms with Crippen molar-refractivity contribution in [3.63, 3.8) is 0 Å². The van der Waals surface area contributed by atoms with Crippen LogP contribution in [0.5, 0.6) is 0 Å². The molecule has 2 rings (SSSR count). The quantitative estimate of drug-likeness (QED) is 0.777. The van der Waals surface area contributed by atoms with Crippen molar-refractivity contribution in [2.24, 2.45) is 0 Å². The topological polar surface area (TPSA) is 88.0 Å². The molecule has 0 unspecified atom stereocenters. The van der Waals surface area contributed by atoms with Crippen LogP contribution in [-0.2, 0) is 0 Å². The standard InChI is InChI=1S/C11H12N4O2S/c16-5-1-2-14-10(17)9-7-18-11(15-9)8-6-12-3-4-13-8/h3-4,6-7,16H,1-2,5H2,(H,14,17). The number of hydrogen-bond acceptors (Lipinski definition) is 6. The highest BCUT2D eigenvalue weighted by Gasteiger charge is 2.11. The van der Waals surface area contributed by atoms with Gasteiger partial charge in [0.05, 0.1) is 6.20 Å². The lowest BCUT2D eigenvalue weighted by Gasteiger charge is -2.00. The van der Waals surface area contributed by atoms with Crippen molar-refractivity contribution in [3.8, 4) is 10.7 Å². The van der Waals surface area contributed by atoms with E-state index in [4.69, 9.17) is 5.11 Å². The number of aliphatic hydroxyl groups excluding tert-OH is 1. The zero-order valence-corrected chi connectivity index (χ0v) is 10.4. The molecule has 7 heteroatoms. The minimum Gasteiger partial charge on any atom is -0.396 e. The molecule has 0 radical (unpaired) electrons. The number of aromatic nitrogens is 3. The second-order valence-corrected chi connectivity index (χ2v) is 4.32. The second kappa shape index (κ2) is 6.18. The number of amides is 1. The molecule has 0 aromatic carbocycles. The molecule has 1 amide bonds. The van der Waals surface area contributed by atoms with Crippen molar-refractivity contribution in [1.82, 2.24) is 20.3 Å². The average molecular weight is 264 g/mol. The lowest BCUT2D eigenvalue weighted by Crippen LogP contribution is -2.25. The minimum absolute atomic E-state index is 0.0577. The molecule has 0 fully saturated rings. The third-order valence-corrected chi connectivity index (χ3v) is 3.00. The van der Waals surface area contributed by atoms with Gasteiger partial charge in [-0.15, -0.1) is 11.3 Å². The maximum absolute atomic E-state index is 11.7. The van der Waals surface area contributed by atoms with Gasteiger partial charge >= 0.3 is 0 Å². The van der Waals surface area contributed by atoms with E-state index in [-0.39, 0.29) is 12.5 Å². The van der Waals surface area contributed by atoms with Gasteiger partial charge in [-0.05, 0) is 6.42 Å². The first kappa shape index (κ1) is 12.6. The summed E-state index contributed by atoms with van der Waals surface area (Å²) in [5, 5.41) is 13.6. The monoisotopic (exact) mass is 264 g/mol. The summed E-state index contributed by atoms with van der Waals surface area (Å²) < 4.78 is 0. The predicted molar refractivity (Wildman–Crippen MR) is 67.2 cm³/mol. The van der Waals surface area contributed by atoms with Crippen LogP contribution >= 0.6 is 11.3 Å². The summed E-state index contributed by atoms with van der Waals surface area (Å²) in [6, 6.07) is 0. The fourth-order valence-corrected chi connectivity index (χ4v) is 2.04. The fourth-order valence-electron chi connectivity index (χ4n) is 1.28. The van der Waals surface area contributed by atoms with Gasteiger partial charge in [0.1, 0.15) is 16.4 Å². The maximum atomic E-state index is 11.7.